The molecule has 0 saturated carbocycles. The van der Waals surface area contributed by atoms with Gasteiger partial charge in [-0.1, -0.05) is 11.6 Å². The van der Waals surface area contributed by atoms with E-state index in [9.17, 15) is 9.59 Å². The summed E-state index contributed by atoms with van der Waals surface area (Å²) in [5, 5.41) is 3.93. The van der Waals surface area contributed by atoms with Gasteiger partial charge in [-0.3, -0.25) is 14.2 Å². The van der Waals surface area contributed by atoms with Gasteiger partial charge in [-0.2, -0.15) is 4.98 Å². The first-order chi connectivity index (χ1) is 13.7. The zero-order valence-electron chi connectivity index (χ0n) is 15.8. The summed E-state index contributed by atoms with van der Waals surface area (Å²) in [4.78, 5) is 36.4. The lowest BCUT2D eigenvalue weighted by Gasteiger charge is -2.18. The third kappa shape index (κ3) is 4.41. The number of nitrogens with zero attached hydrogens (tertiary/aromatic N) is 4. The number of carbonyl (C=O) groups excluding carboxylic acids is 1. The lowest BCUT2D eigenvalue weighted by Crippen LogP contribution is -2.34. The number of halogens is 2. The van der Waals surface area contributed by atoms with Crippen LogP contribution in [0.25, 0.3) is 11.0 Å². The molecule has 1 atom stereocenters. The molecule has 0 bridgehead atoms. The molecule has 0 fully saturated rings. The molecule has 3 aromatic heterocycles. The zero-order chi connectivity index (χ0) is 21.3. The predicted octanol–water partition coefficient (Wildman–Crippen LogP) is 3.07. The Hall–Kier alpha value is -2.91. The fraction of sp³-hybridized carbons (Fsp3) is 0.278. The number of rotatable bonds is 6. The second-order valence-corrected chi connectivity index (χ2v) is 7.28. The molecule has 3 rings (SSSR count). The average Bonchev–Trinajstić information content (AvgIpc) is 2.65. The number of ether oxygens (including phenoxy) is 1. The first-order valence-electron chi connectivity index (χ1n) is 8.63. The van der Waals surface area contributed by atoms with Gasteiger partial charge in [0, 0.05) is 11.4 Å². The van der Waals surface area contributed by atoms with Crippen molar-refractivity contribution in [2.75, 3.05) is 5.32 Å². The summed E-state index contributed by atoms with van der Waals surface area (Å²) in [5.74, 6) is -0.368. The summed E-state index contributed by atoms with van der Waals surface area (Å²) < 4.78 is 6.97. The largest absolute Gasteiger partial charge is 0.475 e. The molecular weight excluding hydrogens is 419 g/mol. The van der Waals surface area contributed by atoms with Crippen molar-refractivity contribution in [3.05, 3.63) is 45.2 Å². The number of anilines is 2. The van der Waals surface area contributed by atoms with Gasteiger partial charge in [0.1, 0.15) is 10.7 Å². The van der Waals surface area contributed by atoms with Crippen molar-refractivity contribution in [1.29, 1.82) is 0 Å². The second-order valence-electron chi connectivity index (χ2n) is 6.54. The van der Waals surface area contributed by atoms with Crippen LogP contribution in [0.3, 0.4) is 0 Å². The summed E-state index contributed by atoms with van der Waals surface area (Å²) >= 11 is 11.9. The van der Waals surface area contributed by atoms with E-state index in [1.54, 1.807) is 12.3 Å². The Bertz CT molecular complexity index is 1150. The second kappa shape index (κ2) is 8.22. The van der Waals surface area contributed by atoms with Crippen LogP contribution in [-0.4, -0.2) is 31.5 Å². The highest BCUT2D eigenvalue weighted by molar-refractivity contribution is 6.33. The summed E-state index contributed by atoms with van der Waals surface area (Å²) in [6.07, 6.45) is 1.96. The molecule has 0 radical (unpaired) electrons. The lowest BCUT2D eigenvalue weighted by atomic mass is 10.2. The monoisotopic (exact) mass is 436 g/mol. The third-order valence-corrected chi connectivity index (χ3v) is 4.50. The van der Waals surface area contributed by atoms with E-state index in [-0.39, 0.29) is 22.1 Å². The predicted molar refractivity (Wildman–Crippen MR) is 111 cm³/mol. The van der Waals surface area contributed by atoms with Gasteiger partial charge >= 0.3 is 0 Å². The first-order valence-corrected chi connectivity index (χ1v) is 9.39. The molecule has 9 nitrogen and oxygen atoms in total. The molecule has 0 saturated heterocycles. The van der Waals surface area contributed by atoms with E-state index >= 15 is 0 Å². The number of fused-ring (bicyclic) bond motifs is 1. The van der Waals surface area contributed by atoms with E-state index in [4.69, 9.17) is 33.7 Å². The Labute approximate surface area is 175 Å². The molecule has 3 aromatic rings. The van der Waals surface area contributed by atoms with Crippen LogP contribution in [0, 0.1) is 0 Å². The highest BCUT2D eigenvalue weighted by Crippen LogP contribution is 2.27. The maximum Gasteiger partial charge on any atom is 0.294 e. The minimum absolute atomic E-state index is 0.000405. The van der Waals surface area contributed by atoms with Gasteiger partial charge < -0.3 is 15.8 Å². The molecule has 0 aromatic carbocycles. The molecule has 1 amide bonds. The lowest BCUT2D eigenvalue weighted by molar-refractivity contribution is -0.124. The maximum absolute atomic E-state index is 12.8. The normalized spacial score (nSPS) is 12.2. The van der Waals surface area contributed by atoms with Gasteiger partial charge in [-0.15, -0.1) is 0 Å². The van der Waals surface area contributed by atoms with Crippen LogP contribution >= 0.6 is 23.2 Å². The number of hydrogen-bond donors (Lipinski definition) is 2. The van der Waals surface area contributed by atoms with Crippen molar-refractivity contribution >= 4 is 51.6 Å². The summed E-state index contributed by atoms with van der Waals surface area (Å²) in [7, 11) is 0. The number of primary amides is 1. The van der Waals surface area contributed by atoms with Gasteiger partial charge in [0.25, 0.3) is 11.5 Å². The van der Waals surface area contributed by atoms with E-state index in [1.807, 2.05) is 13.8 Å². The SMILES string of the molecule is CC(Oc1cc2cc(Nc3nc(Cl)ncc3Cl)cnc2n(C(C)C)c1=O)C(N)=O. The number of carbonyl (C=O) groups is 1. The number of pyridine rings is 2. The quantitative estimate of drug-likeness (QED) is 0.568. The Morgan fingerprint density at radius 3 is 2.59 bits per heavy atom. The number of nitrogens with one attached hydrogen (secondary N) is 1. The Morgan fingerprint density at radius 1 is 1.21 bits per heavy atom. The molecule has 0 spiro atoms. The van der Waals surface area contributed by atoms with Crippen LogP contribution in [-0.2, 0) is 4.79 Å². The van der Waals surface area contributed by atoms with E-state index < -0.39 is 17.6 Å². The number of aromatic nitrogens is 4. The fourth-order valence-corrected chi connectivity index (χ4v) is 2.92. The van der Waals surface area contributed by atoms with E-state index in [1.165, 1.54) is 23.8 Å². The summed E-state index contributed by atoms with van der Waals surface area (Å²) in [5.41, 5.74) is 5.86. The molecular formula is C18H18Cl2N6O3. The standard InChI is InChI=1S/C18H18Cl2N6O3/c1-8(2)26-16-10(5-13(17(26)28)29-9(3)14(21)27)4-11(6-22-16)24-15-12(19)7-23-18(20)25-15/h4-9H,1-3H3,(H2,21,27)(H,23,24,25). The number of nitrogens with two attached hydrogens (primary N) is 1. The fourth-order valence-electron chi connectivity index (χ4n) is 2.65. The Balaban J connectivity index is 2.11. The van der Waals surface area contributed by atoms with Crippen molar-refractivity contribution in [2.45, 2.75) is 32.9 Å². The molecule has 29 heavy (non-hydrogen) atoms. The van der Waals surface area contributed by atoms with E-state index in [0.717, 1.165) is 0 Å². The molecule has 3 heterocycles. The summed E-state index contributed by atoms with van der Waals surface area (Å²) in [6, 6.07) is 3.07. The number of amides is 1. The molecule has 3 N–H and O–H groups in total. The van der Waals surface area contributed by atoms with Crippen LogP contribution in [0.5, 0.6) is 5.75 Å². The van der Waals surface area contributed by atoms with Crippen molar-refractivity contribution in [3.8, 4) is 5.75 Å². The van der Waals surface area contributed by atoms with E-state index in [0.29, 0.717) is 22.5 Å². The van der Waals surface area contributed by atoms with Crippen molar-refractivity contribution in [1.82, 2.24) is 19.5 Å². The van der Waals surface area contributed by atoms with Gasteiger partial charge in [0.05, 0.1) is 18.1 Å². The van der Waals surface area contributed by atoms with E-state index in [2.05, 4.69) is 20.3 Å². The molecule has 0 aliphatic carbocycles. The van der Waals surface area contributed by atoms with Gasteiger partial charge in [0.15, 0.2) is 17.7 Å². The molecule has 11 heteroatoms. The topological polar surface area (TPSA) is 125 Å². The van der Waals surface area contributed by atoms with Crippen molar-refractivity contribution in [2.24, 2.45) is 5.73 Å². The smallest absolute Gasteiger partial charge is 0.294 e. The van der Waals surface area contributed by atoms with Crippen molar-refractivity contribution < 1.29 is 9.53 Å². The van der Waals surface area contributed by atoms with Gasteiger partial charge in [0.2, 0.25) is 5.28 Å². The van der Waals surface area contributed by atoms with Crippen LogP contribution < -0.4 is 21.3 Å². The van der Waals surface area contributed by atoms with Crippen molar-refractivity contribution in [3.63, 3.8) is 0 Å². The Morgan fingerprint density at radius 2 is 1.93 bits per heavy atom. The molecule has 152 valence electrons. The zero-order valence-corrected chi connectivity index (χ0v) is 17.3. The maximum atomic E-state index is 12.8. The van der Waals surface area contributed by atoms with Crippen LogP contribution in [0.2, 0.25) is 10.3 Å². The molecule has 0 aliphatic heterocycles. The number of hydrogen-bond acceptors (Lipinski definition) is 7. The van der Waals surface area contributed by atoms with Crippen LogP contribution in [0.15, 0.2) is 29.3 Å². The van der Waals surface area contributed by atoms with Gasteiger partial charge in [-0.05, 0) is 44.5 Å². The van der Waals surface area contributed by atoms with Crippen LogP contribution in [0.1, 0.15) is 26.8 Å². The first kappa shape index (κ1) is 20.8. The van der Waals surface area contributed by atoms with Crippen LogP contribution in [0.4, 0.5) is 11.5 Å². The highest BCUT2D eigenvalue weighted by Gasteiger charge is 2.18. The van der Waals surface area contributed by atoms with Gasteiger partial charge in [-0.25, -0.2) is 9.97 Å². The average molecular weight is 437 g/mol. The molecule has 1 unspecified atom stereocenters. The molecule has 0 aliphatic rings. The highest BCUT2D eigenvalue weighted by atomic mass is 35.5. The minimum atomic E-state index is -0.961. The minimum Gasteiger partial charge on any atom is -0.475 e. The summed E-state index contributed by atoms with van der Waals surface area (Å²) in [6.45, 7) is 5.17. The Kier molecular flexibility index (Phi) is 5.90. The third-order valence-electron chi connectivity index (χ3n) is 4.04.